The number of H-pyrrole nitrogens is 1. The van der Waals surface area contributed by atoms with Gasteiger partial charge in [0.15, 0.2) is 5.76 Å². The van der Waals surface area contributed by atoms with Crippen molar-refractivity contribution in [2.75, 3.05) is 5.75 Å². The number of aryl methyl sites for hydroxylation is 1. The number of aromatic nitrogens is 3. The number of benzene rings is 2. The molecular weight excluding hydrogens is 382 g/mol. The first-order valence-corrected chi connectivity index (χ1v) is 10.3. The van der Waals surface area contributed by atoms with E-state index in [1.54, 1.807) is 6.92 Å². The van der Waals surface area contributed by atoms with Crippen LogP contribution in [0.1, 0.15) is 6.92 Å². The number of hydrogen-bond donors (Lipinski definition) is 1. The number of nitrogens with zero attached hydrogens (tertiary/aromatic N) is 2. The van der Waals surface area contributed by atoms with Crippen LogP contribution in [0.15, 0.2) is 70.1 Å². The van der Waals surface area contributed by atoms with Crippen molar-refractivity contribution in [3.63, 3.8) is 0 Å². The molecule has 0 amide bonds. The van der Waals surface area contributed by atoms with Gasteiger partial charge in [0.05, 0.1) is 5.75 Å². The van der Waals surface area contributed by atoms with E-state index in [0.717, 1.165) is 27.8 Å². The van der Waals surface area contributed by atoms with Crippen LogP contribution < -0.4 is 0 Å². The number of furan rings is 1. The number of Topliss-reactive ketones (excluding diaryl/α,β-unsaturated/α-hetero) is 1. The first-order chi connectivity index (χ1) is 14.1. The standard InChI is InChI=1S/C23H19N3O2S/c1-14(27)13-29-23-12-18(24-25-23)22-10-9-21(28-22)15-7-8-17-16-5-3-4-6-19(16)26(2)20(17)11-15/h3-12H,13H2,1-2H3,(H,24,25). The van der Waals surface area contributed by atoms with Crippen LogP contribution in [0.2, 0.25) is 0 Å². The Morgan fingerprint density at radius 1 is 1.03 bits per heavy atom. The minimum atomic E-state index is 0.128. The van der Waals surface area contributed by atoms with Crippen molar-refractivity contribution in [1.29, 1.82) is 0 Å². The van der Waals surface area contributed by atoms with E-state index < -0.39 is 0 Å². The summed E-state index contributed by atoms with van der Waals surface area (Å²) in [6.07, 6.45) is 0. The molecule has 3 heterocycles. The van der Waals surface area contributed by atoms with Crippen LogP contribution in [0.5, 0.6) is 0 Å². The highest BCUT2D eigenvalue weighted by atomic mass is 32.2. The highest BCUT2D eigenvalue weighted by molar-refractivity contribution is 7.99. The summed E-state index contributed by atoms with van der Waals surface area (Å²) in [5.74, 6) is 2.07. The van der Waals surface area contributed by atoms with E-state index in [2.05, 4.69) is 64.3 Å². The molecule has 0 fully saturated rings. The summed E-state index contributed by atoms with van der Waals surface area (Å²) in [7, 11) is 2.09. The fourth-order valence-corrected chi connectivity index (χ4v) is 4.29. The Morgan fingerprint density at radius 3 is 2.69 bits per heavy atom. The van der Waals surface area contributed by atoms with E-state index in [1.165, 1.54) is 33.6 Å². The second-order valence-electron chi connectivity index (χ2n) is 7.08. The number of aromatic amines is 1. The normalized spacial score (nSPS) is 11.5. The third kappa shape index (κ3) is 3.15. The fraction of sp³-hybridized carbons (Fsp3) is 0.130. The van der Waals surface area contributed by atoms with Gasteiger partial charge in [0.25, 0.3) is 0 Å². The van der Waals surface area contributed by atoms with Crippen LogP contribution in [-0.2, 0) is 11.8 Å². The van der Waals surface area contributed by atoms with E-state index in [1.807, 2.05) is 18.2 Å². The first-order valence-electron chi connectivity index (χ1n) is 9.35. The maximum absolute atomic E-state index is 11.1. The van der Waals surface area contributed by atoms with Gasteiger partial charge in [-0.3, -0.25) is 9.89 Å². The molecule has 0 saturated carbocycles. The topological polar surface area (TPSA) is 63.8 Å². The quantitative estimate of drug-likeness (QED) is 0.386. The van der Waals surface area contributed by atoms with Gasteiger partial charge in [-0.2, -0.15) is 5.10 Å². The van der Waals surface area contributed by atoms with Gasteiger partial charge < -0.3 is 8.98 Å². The first kappa shape index (κ1) is 17.8. The van der Waals surface area contributed by atoms with Crippen LogP contribution in [-0.4, -0.2) is 26.3 Å². The van der Waals surface area contributed by atoms with E-state index in [-0.39, 0.29) is 5.78 Å². The molecule has 1 N–H and O–H groups in total. The SMILES string of the molecule is CC(=O)CSc1cc(-c2ccc(-c3ccc4c5ccccc5n(C)c4c3)o2)[nH]n1. The summed E-state index contributed by atoms with van der Waals surface area (Å²) >= 11 is 1.42. The van der Waals surface area contributed by atoms with Crippen molar-refractivity contribution < 1.29 is 9.21 Å². The van der Waals surface area contributed by atoms with Crippen molar-refractivity contribution >= 4 is 39.4 Å². The average Bonchev–Trinajstić information content (AvgIpc) is 3.45. The number of fused-ring (bicyclic) bond motifs is 3. The second-order valence-corrected chi connectivity index (χ2v) is 8.08. The third-order valence-corrected chi connectivity index (χ3v) is 6.10. The predicted octanol–water partition coefficient (Wildman–Crippen LogP) is 5.66. The zero-order valence-corrected chi connectivity index (χ0v) is 16.9. The molecule has 0 spiro atoms. The van der Waals surface area contributed by atoms with Gasteiger partial charge in [0.1, 0.15) is 22.3 Å². The maximum Gasteiger partial charge on any atom is 0.152 e. The lowest BCUT2D eigenvalue weighted by Gasteiger charge is -2.01. The molecule has 2 aromatic carbocycles. The Balaban J connectivity index is 1.49. The van der Waals surface area contributed by atoms with Crippen LogP contribution in [0.25, 0.3) is 44.6 Å². The van der Waals surface area contributed by atoms with Crippen LogP contribution in [0.3, 0.4) is 0 Å². The molecule has 0 bridgehead atoms. The summed E-state index contributed by atoms with van der Waals surface area (Å²) in [6, 6.07) is 20.7. The molecular formula is C23H19N3O2S. The van der Waals surface area contributed by atoms with Gasteiger partial charge in [0.2, 0.25) is 0 Å². The summed E-state index contributed by atoms with van der Waals surface area (Å²) in [4.78, 5) is 11.1. The molecule has 5 aromatic rings. The number of hydrogen-bond acceptors (Lipinski definition) is 4. The molecule has 0 aliphatic rings. The molecule has 0 aliphatic heterocycles. The molecule has 144 valence electrons. The van der Waals surface area contributed by atoms with Gasteiger partial charge in [-0.25, -0.2) is 0 Å². The van der Waals surface area contributed by atoms with E-state index >= 15 is 0 Å². The summed E-state index contributed by atoms with van der Waals surface area (Å²) in [6.45, 7) is 1.58. The largest absolute Gasteiger partial charge is 0.454 e. The van der Waals surface area contributed by atoms with Crippen molar-refractivity contribution in [3.05, 3.63) is 60.7 Å². The number of para-hydroxylation sites is 1. The number of carbonyl (C=O) groups is 1. The van der Waals surface area contributed by atoms with Gasteiger partial charge in [-0.05, 0) is 31.2 Å². The number of thioether (sulfide) groups is 1. The lowest BCUT2D eigenvalue weighted by atomic mass is 10.1. The van der Waals surface area contributed by atoms with E-state index in [4.69, 9.17) is 4.42 Å². The molecule has 0 saturated heterocycles. The van der Waals surface area contributed by atoms with Gasteiger partial charge in [0, 0.05) is 40.5 Å². The third-order valence-electron chi connectivity index (χ3n) is 5.05. The Bertz CT molecular complexity index is 1360. The monoisotopic (exact) mass is 401 g/mol. The molecule has 3 aromatic heterocycles. The molecule has 0 aliphatic carbocycles. The average molecular weight is 401 g/mol. The van der Waals surface area contributed by atoms with Crippen LogP contribution in [0.4, 0.5) is 0 Å². The Labute approximate surface area is 171 Å². The van der Waals surface area contributed by atoms with Crippen LogP contribution >= 0.6 is 11.8 Å². The van der Waals surface area contributed by atoms with E-state index in [9.17, 15) is 4.79 Å². The zero-order chi connectivity index (χ0) is 20.0. The minimum Gasteiger partial charge on any atom is -0.454 e. The van der Waals surface area contributed by atoms with Gasteiger partial charge >= 0.3 is 0 Å². The molecule has 0 unspecified atom stereocenters. The molecule has 0 atom stereocenters. The molecule has 5 rings (SSSR count). The zero-order valence-electron chi connectivity index (χ0n) is 16.1. The van der Waals surface area contributed by atoms with Gasteiger partial charge in [-0.15, -0.1) is 0 Å². The number of rotatable bonds is 5. The minimum absolute atomic E-state index is 0.128. The maximum atomic E-state index is 11.1. The van der Waals surface area contributed by atoms with E-state index in [0.29, 0.717) is 5.75 Å². The Kier molecular flexibility index (Phi) is 4.28. The summed E-state index contributed by atoms with van der Waals surface area (Å²) in [5.41, 5.74) is 4.22. The number of ketones is 1. The Morgan fingerprint density at radius 2 is 1.83 bits per heavy atom. The molecule has 6 heteroatoms. The summed E-state index contributed by atoms with van der Waals surface area (Å²) < 4.78 is 8.31. The predicted molar refractivity (Wildman–Crippen MR) is 117 cm³/mol. The Hall–Kier alpha value is -3.25. The lowest BCUT2D eigenvalue weighted by Crippen LogP contribution is -1.92. The van der Waals surface area contributed by atoms with Crippen molar-refractivity contribution in [2.45, 2.75) is 11.9 Å². The van der Waals surface area contributed by atoms with Crippen molar-refractivity contribution in [2.24, 2.45) is 7.05 Å². The number of nitrogens with one attached hydrogen (secondary N) is 1. The second kappa shape index (κ2) is 6.97. The lowest BCUT2D eigenvalue weighted by molar-refractivity contribution is -0.114. The fourth-order valence-electron chi connectivity index (χ4n) is 3.63. The highest BCUT2D eigenvalue weighted by Gasteiger charge is 2.13. The molecule has 29 heavy (non-hydrogen) atoms. The molecule has 5 nitrogen and oxygen atoms in total. The van der Waals surface area contributed by atoms with Crippen molar-refractivity contribution in [1.82, 2.24) is 14.8 Å². The summed E-state index contributed by atoms with van der Waals surface area (Å²) in [5, 5.41) is 10.5. The van der Waals surface area contributed by atoms with Crippen molar-refractivity contribution in [3.8, 4) is 22.8 Å². The van der Waals surface area contributed by atoms with Crippen LogP contribution in [0, 0.1) is 0 Å². The number of carbonyl (C=O) groups excluding carboxylic acids is 1. The highest BCUT2D eigenvalue weighted by Crippen LogP contribution is 2.34. The van der Waals surface area contributed by atoms with Gasteiger partial charge in [-0.1, -0.05) is 42.1 Å². The smallest absolute Gasteiger partial charge is 0.152 e. The molecule has 0 radical (unpaired) electrons.